The molecular formula is C22H28F2N4O3. The number of rotatable bonds is 5. The Labute approximate surface area is 180 Å². The lowest BCUT2D eigenvalue weighted by atomic mass is 9.86. The van der Waals surface area contributed by atoms with Crippen molar-refractivity contribution in [2.45, 2.75) is 46.7 Å². The van der Waals surface area contributed by atoms with Crippen LogP contribution in [-0.2, 0) is 22.5 Å². The first-order valence-corrected chi connectivity index (χ1v) is 10.3. The largest absolute Gasteiger partial charge is 0.379 e. The number of carbonyl (C=O) groups excluding carboxylic acids is 2. The molecule has 31 heavy (non-hydrogen) atoms. The molecular weight excluding hydrogens is 406 g/mol. The zero-order valence-electron chi connectivity index (χ0n) is 18.2. The molecule has 1 aromatic heterocycles. The smallest absolute Gasteiger partial charge is 0.272 e. The standard InChI is InChI=1S/C22H28F2N4O3/c1-5-25-21(30)18(22(2,3)4)27-20(29)17-16-8-10-31-11-9-28(16)19(26-17)13-6-7-14(23)15(24)12-13/h6-7,12,18H,5,8-11H2,1-4H3,(H,25,30)(H,27,29). The van der Waals surface area contributed by atoms with Crippen LogP contribution in [0, 0.1) is 17.0 Å². The third kappa shape index (κ3) is 4.92. The lowest BCUT2D eigenvalue weighted by Gasteiger charge is -2.30. The number of likely N-dealkylation sites (N-methyl/N-ethyl adjacent to an activating group) is 1. The minimum atomic E-state index is -0.991. The van der Waals surface area contributed by atoms with Crippen molar-refractivity contribution in [3.05, 3.63) is 41.2 Å². The summed E-state index contributed by atoms with van der Waals surface area (Å²) in [5.41, 5.74) is 0.622. The molecule has 2 aromatic rings. The van der Waals surface area contributed by atoms with E-state index in [9.17, 15) is 18.4 Å². The van der Waals surface area contributed by atoms with Gasteiger partial charge >= 0.3 is 0 Å². The van der Waals surface area contributed by atoms with E-state index in [1.165, 1.54) is 6.07 Å². The molecule has 1 unspecified atom stereocenters. The fraction of sp³-hybridized carbons (Fsp3) is 0.500. The van der Waals surface area contributed by atoms with Gasteiger partial charge in [-0.15, -0.1) is 0 Å². The van der Waals surface area contributed by atoms with Crippen molar-refractivity contribution in [1.82, 2.24) is 20.2 Å². The van der Waals surface area contributed by atoms with Gasteiger partial charge in [-0.3, -0.25) is 9.59 Å². The average molecular weight is 434 g/mol. The Morgan fingerprint density at radius 1 is 1.23 bits per heavy atom. The summed E-state index contributed by atoms with van der Waals surface area (Å²) < 4.78 is 34.6. The van der Waals surface area contributed by atoms with Gasteiger partial charge in [-0.1, -0.05) is 20.8 Å². The average Bonchev–Trinajstić information content (AvgIpc) is 2.88. The predicted molar refractivity (Wildman–Crippen MR) is 111 cm³/mol. The number of nitrogens with zero attached hydrogens (tertiary/aromatic N) is 2. The number of imidazole rings is 1. The summed E-state index contributed by atoms with van der Waals surface area (Å²) in [6.07, 6.45) is 0.431. The molecule has 0 fully saturated rings. The summed E-state index contributed by atoms with van der Waals surface area (Å²) in [5.74, 6) is -2.37. The molecule has 0 saturated carbocycles. The lowest BCUT2D eigenvalue weighted by molar-refractivity contribution is -0.125. The van der Waals surface area contributed by atoms with Gasteiger partial charge in [-0.05, 0) is 30.5 Å². The number of fused-ring (bicyclic) bond motifs is 1. The van der Waals surface area contributed by atoms with Crippen molar-refractivity contribution in [1.29, 1.82) is 0 Å². The van der Waals surface area contributed by atoms with E-state index >= 15 is 0 Å². The molecule has 0 saturated heterocycles. The SMILES string of the molecule is CCNC(=O)C(NC(=O)c1nc(-c2ccc(F)c(F)c2)n2c1CCOCC2)C(C)(C)C. The zero-order chi connectivity index (χ0) is 22.8. The van der Waals surface area contributed by atoms with Crippen LogP contribution in [0.25, 0.3) is 11.4 Å². The van der Waals surface area contributed by atoms with Crippen molar-refractivity contribution in [2.24, 2.45) is 5.41 Å². The molecule has 7 nitrogen and oxygen atoms in total. The van der Waals surface area contributed by atoms with Crippen molar-refractivity contribution in [3.8, 4) is 11.4 Å². The molecule has 0 radical (unpaired) electrons. The quantitative estimate of drug-likeness (QED) is 0.758. The highest BCUT2D eigenvalue weighted by atomic mass is 19.2. The van der Waals surface area contributed by atoms with Crippen molar-refractivity contribution in [2.75, 3.05) is 19.8 Å². The maximum Gasteiger partial charge on any atom is 0.272 e. The van der Waals surface area contributed by atoms with Gasteiger partial charge in [-0.2, -0.15) is 0 Å². The topological polar surface area (TPSA) is 85.3 Å². The van der Waals surface area contributed by atoms with Crippen molar-refractivity contribution >= 4 is 11.8 Å². The second-order valence-corrected chi connectivity index (χ2v) is 8.54. The summed E-state index contributed by atoms with van der Waals surface area (Å²) in [7, 11) is 0. The Hall–Kier alpha value is -2.81. The van der Waals surface area contributed by atoms with E-state index in [1.807, 2.05) is 27.7 Å². The van der Waals surface area contributed by atoms with E-state index < -0.39 is 29.0 Å². The number of carbonyl (C=O) groups is 2. The molecule has 1 aliphatic heterocycles. The van der Waals surface area contributed by atoms with Gasteiger partial charge in [0.1, 0.15) is 17.6 Å². The molecule has 9 heteroatoms. The first-order chi connectivity index (χ1) is 14.6. The molecule has 1 aromatic carbocycles. The van der Waals surface area contributed by atoms with Crippen LogP contribution in [-0.4, -0.2) is 47.2 Å². The maximum atomic E-state index is 13.8. The zero-order valence-corrected chi connectivity index (χ0v) is 18.2. The first-order valence-electron chi connectivity index (χ1n) is 10.3. The van der Waals surface area contributed by atoms with Crippen LogP contribution in [0.2, 0.25) is 0 Å². The van der Waals surface area contributed by atoms with Crippen LogP contribution in [0.1, 0.15) is 43.9 Å². The lowest BCUT2D eigenvalue weighted by Crippen LogP contribution is -2.53. The fourth-order valence-corrected chi connectivity index (χ4v) is 3.60. The van der Waals surface area contributed by atoms with Crippen LogP contribution in [0.15, 0.2) is 18.2 Å². The molecule has 3 rings (SSSR count). The molecule has 1 atom stereocenters. The normalized spacial score (nSPS) is 15.0. The highest BCUT2D eigenvalue weighted by Gasteiger charge is 2.34. The number of aromatic nitrogens is 2. The monoisotopic (exact) mass is 434 g/mol. The molecule has 1 aliphatic rings. The van der Waals surface area contributed by atoms with E-state index in [0.717, 1.165) is 12.1 Å². The number of hydrogen-bond donors (Lipinski definition) is 2. The summed E-state index contributed by atoms with van der Waals surface area (Å²) in [6, 6.07) is 2.74. The third-order valence-corrected chi connectivity index (χ3v) is 5.16. The van der Waals surface area contributed by atoms with Gasteiger partial charge in [0.25, 0.3) is 5.91 Å². The number of benzene rings is 1. The van der Waals surface area contributed by atoms with Gasteiger partial charge in [0.05, 0.1) is 18.9 Å². The Morgan fingerprint density at radius 3 is 2.61 bits per heavy atom. The Bertz CT molecular complexity index is 982. The third-order valence-electron chi connectivity index (χ3n) is 5.16. The van der Waals surface area contributed by atoms with Gasteiger partial charge in [0.15, 0.2) is 11.6 Å². The molecule has 0 spiro atoms. The molecule has 2 amide bonds. The maximum absolute atomic E-state index is 13.8. The van der Waals surface area contributed by atoms with Crippen molar-refractivity contribution in [3.63, 3.8) is 0 Å². The van der Waals surface area contributed by atoms with E-state index in [1.54, 1.807) is 4.57 Å². The molecule has 168 valence electrons. The second kappa shape index (κ2) is 9.13. The predicted octanol–water partition coefficient (Wildman–Crippen LogP) is 2.68. The highest BCUT2D eigenvalue weighted by Crippen LogP contribution is 2.27. The van der Waals surface area contributed by atoms with Crippen LogP contribution >= 0.6 is 0 Å². The molecule has 0 bridgehead atoms. The van der Waals surface area contributed by atoms with Gasteiger partial charge in [-0.25, -0.2) is 13.8 Å². The Morgan fingerprint density at radius 2 is 1.97 bits per heavy atom. The molecule has 2 heterocycles. The second-order valence-electron chi connectivity index (χ2n) is 8.54. The van der Waals surface area contributed by atoms with Gasteiger partial charge in [0.2, 0.25) is 5.91 Å². The number of halogens is 2. The van der Waals surface area contributed by atoms with Crippen LogP contribution < -0.4 is 10.6 Å². The summed E-state index contributed by atoms with van der Waals surface area (Å²) in [6.45, 7) is 9.07. The van der Waals surface area contributed by atoms with E-state index in [2.05, 4.69) is 15.6 Å². The minimum absolute atomic E-state index is 0.156. The minimum Gasteiger partial charge on any atom is -0.379 e. The molecule has 2 N–H and O–H groups in total. The highest BCUT2D eigenvalue weighted by molar-refractivity contribution is 5.98. The fourth-order valence-electron chi connectivity index (χ4n) is 3.60. The van der Waals surface area contributed by atoms with E-state index in [4.69, 9.17) is 4.74 Å². The summed E-state index contributed by atoms with van der Waals surface area (Å²) in [5, 5.41) is 5.56. The van der Waals surface area contributed by atoms with Crippen LogP contribution in [0.3, 0.4) is 0 Å². The molecule has 0 aliphatic carbocycles. The van der Waals surface area contributed by atoms with E-state index in [0.29, 0.717) is 49.8 Å². The van der Waals surface area contributed by atoms with Crippen LogP contribution in [0.4, 0.5) is 8.78 Å². The number of amides is 2. The van der Waals surface area contributed by atoms with Crippen LogP contribution in [0.5, 0.6) is 0 Å². The number of hydrogen-bond acceptors (Lipinski definition) is 4. The Balaban J connectivity index is 2.02. The number of nitrogens with one attached hydrogen (secondary N) is 2. The summed E-state index contributed by atoms with van der Waals surface area (Å²) >= 11 is 0. The summed E-state index contributed by atoms with van der Waals surface area (Å²) in [4.78, 5) is 30.3. The number of ether oxygens (including phenoxy) is 1. The van der Waals surface area contributed by atoms with Crippen molar-refractivity contribution < 1.29 is 23.1 Å². The van der Waals surface area contributed by atoms with E-state index in [-0.39, 0.29) is 11.6 Å². The van der Waals surface area contributed by atoms with Gasteiger partial charge in [0, 0.05) is 25.1 Å². The first kappa shape index (κ1) is 22.9. The Kier molecular flexibility index (Phi) is 6.74. The van der Waals surface area contributed by atoms with Gasteiger partial charge < -0.3 is 19.9 Å².